The first-order valence-electron chi connectivity index (χ1n) is 8.86. The van der Waals surface area contributed by atoms with Crippen molar-refractivity contribution in [2.75, 3.05) is 19.7 Å². The van der Waals surface area contributed by atoms with Crippen LogP contribution in [0.15, 0.2) is 18.2 Å². The molecule has 2 aliphatic rings. The summed E-state index contributed by atoms with van der Waals surface area (Å²) in [5, 5.41) is 12.6. The number of ether oxygens (including phenoxy) is 1. The Morgan fingerprint density at radius 1 is 1.28 bits per heavy atom. The predicted molar refractivity (Wildman–Crippen MR) is 91.5 cm³/mol. The number of rotatable bonds is 5. The number of likely N-dealkylation sites (tertiary alicyclic amines) is 1. The van der Waals surface area contributed by atoms with E-state index in [2.05, 4.69) is 15.3 Å². The van der Waals surface area contributed by atoms with Gasteiger partial charge in [0.2, 0.25) is 5.88 Å². The molecule has 7 heteroatoms. The van der Waals surface area contributed by atoms with Crippen LogP contribution in [0.2, 0.25) is 0 Å². The van der Waals surface area contributed by atoms with E-state index in [9.17, 15) is 4.79 Å². The van der Waals surface area contributed by atoms with Crippen LogP contribution < -0.4 is 4.74 Å². The normalized spacial score (nSPS) is 20.1. The molecule has 2 fully saturated rings. The Balaban J connectivity index is 1.30. The van der Waals surface area contributed by atoms with Crippen LogP contribution in [0.1, 0.15) is 47.1 Å². The third-order valence-corrected chi connectivity index (χ3v) is 4.92. The molecular formula is C18H23N5O2. The van der Waals surface area contributed by atoms with Crippen LogP contribution in [0, 0.1) is 12.8 Å². The molecule has 1 unspecified atom stereocenters. The smallest absolute Gasteiger partial charge is 0.272 e. The summed E-state index contributed by atoms with van der Waals surface area (Å²) < 4.78 is 7.43. The van der Waals surface area contributed by atoms with Gasteiger partial charge in [-0.15, -0.1) is 5.10 Å². The van der Waals surface area contributed by atoms with E-state index in [4.69, 9.17) is 4.74 Å². The maximum Gasteiger partial charge on any atom is 0.272 e. The van der Waals surface area contributed by atoms with Crippen LogP contribution in [-0.2, 0) is 7.05 Å². The van der Waals surface area contributed by atoms with Gasteiger partial charge in [-0.1, -0.05) is 0 Å². The van der Waals surface area contributed by atoms with Crippen LogP contribution in [0.3, 0.4) is 0 Å². The lowest BCUT2D eigenvalue weighted by atomic mass is 10.1. The first kappa shape index (κ1) is 16.1. The average Bonchev–Trinajstić information content (AvgIpc) is 3.25. The van der Waals surface area contributed by atoms with E-state index >= 15 is 0 Å². The number of carbonyl (C=O) groups is 1. The van der Waals surface area contributed by atoms with Crippen molar-refractivity contribution in [3.8, 4) is 5.88 Å². The minimum absolute atomic E-state index is 0.0409. The van der Waals surface area contributed by atoms with Gasteiger partial charge in [-0.05, 0) is 38.3 Å². The molecule has 0 spiro atoms. The number of aromatic nitrogens is 4. The van der Waals surface area contributed by atoms with Gasteiger partial charge in [0.05, 0.1) is 18.0 Å². The summed E-state index contributed by atoms with van der Waals surface area (Å²) in [5.41, 5.74) is 2.57. The van der Waals surface area contributed by atoms with Gasteiger partial charge in [0, 0.05) is 38.0 Å². The second kappa shape index (κ2) is 6.46. The maximum absolute atomic E-state index is 12.6. The van der Waals surface area contributed by atoms with Gasteiger partial charge in [0.25, 0.3) is 5.91 Å². The Hall–Kier alpha value is -2.44. The minimum Gasteiger partial charge on any atom is -0.476 e. The molecule has 25 heavy (non-hydrogen) atoms. The fourth-order valence-electron chi connectivity index (χ4n) is 3.33. The number of hydrogen-bond donors (Lipinski definition) is 0. The second-order valence-corrected chi connectivity index (χ2v) is 7.08. The average molecular weight is 341 g/mol. The lowest BCUT2D eigenvalue weighted by Gasteiger charge is -2.16. The zero-order valence-electron chi connectivity index (χ0n) is 14.7. The van der Waals surface area contributed by atoms with Crippen LogP contribution in [0.4, 0.5) is 0 Å². The summed E-state index contributed by atoms with van der Waals surface area (Å²) in [6.07, 6.45) is 3.38. The zero-order valence-corrected chi connectivity index (χ0v) is 14.7. The number of aryl methyl sites for hydroxylation is 2. The van der Waals surface area contributed by atoms with Crippen molar-refractivity contribution >= 4 is 5.91 Å². The van der Waals surface area contributed by atoms with E-state index in [1.807, 2.05) is 30.0 Å². The number of nitrogens with zero attached hydrogens (tertiary/aromatic N) is 5. The van der Waals surface area contributed by atoms with Crippen molar-refractivity contribution in [1.29, 1.82) is 0 Å². The van der Waals surface area contributed by atoms with Crippen LogP contribution in [-0.4, -0.2) is 50.5 Å². The standard InChI is InChI=1S/C18H23N5O2/c1-12-9-16(22(2)21-12)18(24)23-8-7-13(10-23)11-25-17-6-5-15(19-20-17)14-3-4-14/h5-6,9,13-14H,3-4,7-8,10-11H2,1-2H3. The van der Waals surface area contributed by atoms with Gasteiger partial charge >= 0.3 is 0 Å². The van der Waals surface area contributed by atoms with Crippen LogP contribution in [0.5, 0.6) is 5.88 Å². The molecule has 132 valence electrons. The summed E-state index contributed by atoms with van der Waals surface area (Å²) >= 11 is 0. The van der Waals surface area contributed by atoms with E-state index in [1.165, 1.54) is 12.8 Å². The quantitative estimate of drug-likeness (QED) is 0.831. The van der Waals surface area contributed by atoms with Crippen molar-refractivity contribution in [3.05, 3.63) is 35.3 Å². The second-order valence-electron chi connectivity index (χ2n) is 7.08. The van der Waals surface area contributed by atoms with Gasteiger partial charge in [0.1, 0.15) is 5.69 Å². The Morgan fingerprint density at radius 3 is 2.76 bits per heavy atom. The Morgan fingerprint density at radius 2 is 2.12 bits per heavy atom. The van der Waals surface area contributed by atoms with E-state index in [1.54, 1.807) is 11.7 Å². The van der Waals surface area contributed by atoms with Gasteiger partial charge in [-0.25, -0.2) is 0 Å². The van der Waals surface area contributed by atoms with Gasteiger partial charge in [-0.2, -0.15) is 10.2 Å². The fraction of sp³-hybridized carbons (Fsp3) is 0.556. The number of hydrogen-bond acceptors (Lipinski definition) is 5. The minimum atomic E-state index is 0.0409. The first-order chi connectivity index (χ1) is 12.1. The topological polar surface area (TPSA) is 73.1 Å². The third-order valence-electron chi connectivity index (χ3n) is 4.92. The predicted octanol–water partition coefficient (Wildman–Crippen LogP) is 1.94. The van der Waals surface area contributed by atoms with E-state index in [-0.39, 0.29) is 5.91 Å². The Bertz CT molecular complexity index is 766. The molecule has 0 aromatic carbocycles. The molecule has 1 saturated heterocycles. The molecule has 1 saturated carbocycles. The summed E-state index contributed by atoms with van der Waals surface area (Å²) in [4.78, 5) is 14.5. The van der Waals surface area contributed by atoms with Gasteiger partial charge < -0.3 is 9.64 Å². The largest absolute Gasteiger partial charge is 0.476 e. The van der Waals surface area contributed by atoms with Crippen molar-refractivity contribution in [3.63, 3.8) is 0 Å². The van der Waals surface area contributed by atoms with Crippen molar-refractivity contribution < 1.29 is 9.53 Å². The molecule has 4 rings (SSSR count). The molecule has 2 aromatic heterocycles. The fourth-order valence-corrected chi connectivity index (χ4v) is 3.33. The highest BCUT2D eigenvalue weighted by Gasteiger charge is 2.29. The molecule has 1 aliphatic carbocycles. The highest BCUT2D eigenvalue weighted by molar-refractivity contribution is 5.92. The van der Waals surface area contributed by atoms with Crippen LogP contribution in [0.25, 0.3) is 0 Å². The van der Waals surface area contributed by atoms with Gasteiger partial charge in [0.15, 0.2) is 0 Å². The monoisotopic (exact) mass is 341 g/mol. The summed E-state index contributed by atoms with van der Waals surface area (Å²) in [6, 6.07) is 5.75. The van der Waals surface area contributed by atoms with E-state index < -0.39 is 0 Å². The molecule has 0 bridgehead atoms. The SMILES string of the molecule is Cc1cc(C(=O)N2CCC(COc3ccc(C4CC4)nn3)C2)n(C)n1. The van der Waals surface area contributed by atoms with Crippen LogP contribution >= 0.6 is 0 Å². The summed E-state index contributed by atoms with van der Waals surface area (Å²) in [7, 11) is 1.81. The summed E-state index contributed by atoms with van der Waals surface area (Å²) in [6.45, 7) is 3.92. The molecule has 1 atom stereocenters. The molecular weight excluding hydrogens is 318 g/mol. The number of carbonyl (C=O) groups excluding carboxylic acids is 1. The summed E-state index contributed by atoms with van der Waals surface area (Å²) in [5.74, 6) is 1.53. The maximum atomic E-state index is 12.6. The van der Waals surface area contributed by atoms with Crippen molar-refractivity contribution in [2.45, 2.75) is 32.1 Å². The Labute approximate surface area is 147 Å². The highest BCUT2D eigenvalue weighted by Crippen LogP contribution is 2.38. The molecule has 1 amide bonds. The third kappa shape index (κ3) is 3.50. The molecule has 3 heterocycles. The van der Waals surface area contributed by atoms with Crippen molar-refractivity contribution in [2.24, 2.45) is 13.0 Å². The van der Waals surface area contributed by atoms with E-state index in [0.29, 0.717) is 36.6 Å². The van der Waals surface area contributed by atoms with Crippen molar-refractivity contribution in [1.82, 2.24) is 24.9 Å². The number of amides is 1. The molecule has 1 aliphatic heterocycles. The molecule has 0 N–H and O–H groups in total. The lowest BCUT2D eigenvalue weighted by Crippen LogP contribution is -2.31. The molecule has 7 nitrogen and oxygen atoms in total. The van der Waals surface area contributed by atoms with Gasteiger partial charge in [-0.3, -0.25) is 9.48 Å². The van der Waals surface area contributed by atoms with E-state index in [0.717, 1.165) is 24.4 Å². The highest BCUT2D eigenvalue weighted by atomic mass is 16.5. The lowest BCUT2D eigenvalue weighted by molar-refractivity contribution is 0.0772. The molecule has 2 aromatic rings. The Kier molecular flexibility index (Phi) is 4.15. The zero-order chi connectivity index (χ0) is 17.4. The first-order valence-corrected chi connectivity index (χ1v) is 8.86. The molecule has 0 radical (unpaired) electrons.